The van der Waals surface area contributed by atoms with Crippen LogP contribution in [0.1, 0.15) is 40.8 Å². The molecule has 4 aromatic carbocycles. The van der Waals surface area contributed by atoms with E-state index in [1.807, 2.05) is 6.92 Å². The highest BCUT2D eigenvalue weighted by Crippen LogP contribution is 2.63. The van der Waals surface area contributed by atoms with Crippen LogP contribution in [0.3, 0.4) is 0 Å². The second-order valence-electron chi connectivity index (χ2n) is 15.9. The van der Waals surface area contributed by atoms with Crippen LogP contribution >= 0.6 is 0 Å². The molecule has 4 heterocycles. The summed E-state index contributed by atoms with van der Waals surface area (Å²) in [4.78, 5) is 77.2. The maximum atomic E-state index is 15.4. The Bertz CT molecular complexity index is 3100. The lowest BCUT2D eigenvalue weighted by Crippen LogP contribution is -2.53. The second-order valence-corrected chi connectivity index (χ2v) is 15.9. The number of amides is 2. The number of phenolic OH excluding ortho intramolecular Hbond substituents is 1. The Hall–Kier alpha value is -7.57. The SMILES string of the molecule is COc1cc2nc(CCn3c(=O)n4n(c3=O)C3CC5C(=O)N(Nc6ccc(C)cc6)C(=O)C5(c5ccccc5)C(c5cc(OC(F)(F)F)ccc5O)C3=CC4)c(=O)n(C)c2cc1OC. The van der Waals surface area contributed by atoms with Crippen molar-refractivity contribution in [3.8, 4) is 23.0 Å². The van der Waals surface area contributed by atoms with Crippen molar-refractivity contribution >= 4 is 28.5 Å². The molecule has 64 heavy (non-hydrogen) atoms. The Morgan fingerprint density at radius 2 is 1.61 bits per heavy atom. The first-order valence-corrected chi connectivity index (χ1v) is 20.2. The summed E-state index contributed by atoms with van der Waals surface area (Å²) in [7, 11) is 4.47. The summed E-state index contributed by atoms with van der Waals surface area (Å²) in [6.07, 6.45) is -3.88. The summed E-state index contributed by atoms with van der Waals surface area (Å²) >= 11 is 0. The quantitative estimate of drug-likeness (QED) is 0.142. The highest BCUT2D eigenvalue weighted by Gasteiger charge is 2.69. The molecule has 2 N–H and O–H groups in total. The predicted molar refractivity (Wildman–Crippen MR) is 224 cm³/mol. The predicted octanol–water partition coefficient (Wildman–Crippen LogP) is 4.85. The Labute approximate surface area is 360 Å². The van der Waals surface area contributed by atoms with Crippen molar-refractivity contribution in [2.24, 2.45) is 13.0 Å². The molecule has 16 nitrogen and oxygen atoms in total. The third-order valence-corrected chi connectivity index (χ3v) is 12.5. The highest BCUT2D eigenvalue weighted by molar-refractivity contribution is 6.12. The first-order chi connectivity index (χ1) is 30.6. The second kappa shape index (κ2) is 15.4. The van der Waals surface area contributed by atoms with Crippen LogP contribution in [0.15, 0.2) is 111 Å². The summed E-state index contributed by atoms with van der Waals surface area (Å²) in [6.45, 7) is 1.35. The van der Waals surface area contributed by atoms with E-state index in [-0.39, 0.29) is 37.2 Å². The number of allylic oxidation sites excluding steroid dienone is 2. The van der Waals surface area contributed by atoms with Crippen LogP contribution in [0, 0.1) is 12.8 Å². The van der Waals surface area contributed by atoms with Crippen molar-refractivity contribution in [2.45, 2.75) is 56.6 Å². The average Bonchev–Trinajstić information content (AvgIpc) is 3.65. The van der Waals surface area contributed by atoms with Gasteiger partial charge < -0.3 is 23.9 Å². The standard InChI is InChI=1S/C45H40F3N7O9/c1-24-10-12-26(13-11-24)50-54-39(57)30-21-33-28(38(44(30,41(54)59)25-8-6-5-7-9-25)29-20-27(14-15-35(29)56)64-45(46,47)48)16-19-53-42(60)52(43(61)55(33)53)18-17-31-40(58)51(2)34-23-37(63-4)36(62-3)22-32(34)49-31/h5-16,20,22-23,30,33,38,50,56H,17-19,21H2,1-4H3. The van der Waals surface area contributed by atoms with Gasteiger partial charge in [0.2, 0.25) is 0 Å². The van der Waals surface area contributed by atoms with Gasteiger partial charge in [-0.05, 0) is 54.8 Å². The van der Waals surface area contributed by atoms with Gasteiger partial charge in [0.1, 0.15) is 17.2 Å². The topological polar surface area (TPSA) is 181 Å². The third-order valence-electron chi connectivity index (χ3n) is 12.5. The summed E-state index contributed by atoms with van der Waals surface area (Å²) < 4.78 is 60.9. The number of rotatable bonds is 10. The third kappa shape index (κ3) is 6.52. The molecule has 1 aliphatic carbocycles. The van der Waals surface area contributed by atoms with E-state index < -0.39 is 69.9 Å². The fourth-order valence-electron chi connectivity index (χ4n) is 9.64. The summed E-state index contributed by atoms with van der Waals surface area (Å²) in [5.41, 5.74) is 1.67. The number of alkyl halides is 3. The molecule has 0 bridgehead atoms. The lowest BCUT2D eigenvalue weighted by Gasteiger charge is -2.49. The van der Waals surface area contributed by atoms with Crippen LogP contribution in [0.2, 0.25) is 0 Å². The van der Waals surface area contributed by atoms with Gasteiger partial charge in [-0.3, -0.25) is 19.8 Å². The van der Waals surface area contributed by atoms with Gasteiger partial charge in [0.15, 0.2) is 11.5 Å². The number of aromatic nitrogens is 5. The number of ether oxygens (including phenoxy) is 3. The number of carbonyl (C=O) groups excluding carboxylic acids is 2. The lowest BCUT2D eigenvalue weighted by atomic mass is 9.53. The fourth-order valence-corrected chi connectivity index (χ4v) is 9.64. The number of methoxy groups -OCH3 is 2. The van der Waals surface area contributed by atoms with Gasteiger partial charge >= 0.3 is 17.7 Å². The van der Waals surface area contributed by atoms with E-state index in [1.54, 1.807) is 79.9 Å². The largest absolute Gasteiger partial charge is 0.573 e. The number of phenols is 1. The number of halogens is 3. The van der Waals surface area contributed by atoms with Crippen molar-refractivity contribution in [3.63, 3.8) is 0 Å². The van der Waals surface area contributed by atoms with E-state index in [1.165, 1.54) is 28.2 Å². The smallest absolute Gasteiger partial charge is 0.508 e. The molecule has 2 aliphatic heterocycles. The number of hydrogen-bond donors (Lipinski definition) is 2. The minimum atomic E-state index is -5.12. The van der Waals surface area contributed by atoms with Crippen LogP contribution in [-0.4, -0.2) is 66.0 Å². The number of aromatic hydroxyl groups is 1. The van der Waals surface area contributed by atoms with E-state index in [0.717, 1.165) is 33.3 Å². The van der Waals surface area contributed by atoms with Crippen molar-refractivity contribution < 1.29 is 42.1 Å². The van der Waals surface area contributed by atoms with E-state index in [0.29, 0.717) is 39.4 Å². The molecule has 0 radical (unpaired) electrons. The zero-order valence-corrected chi connectivity index (χ0v) is 34.8. The van der Waals surface area contributed by atoms with Gasteiger partial charge in [-0.25, -0.2) is 28.5 Å². The van der Waals surface area contributed by atoms with E-state index in [2.05, 4.69) is 15.1 Å². The van der Waals surface area contributed by atoms with E-state index in [4.69, 9.17) is 9.47 Å². The number of hydrazine groups is 1. The van der Waals surface area contributed by atoms with Gasteiger partial charge in [0.05, 0.1) is 54.9 Å². The number of carbonyl (C=O) groups is 2. The van der Waals surface area contributed by atoms with Crippen molar-refractivity contribution in [1.82, 2.24) is 28.5 Å². The van der Waals surface area contributed by atoms with Crippen LogP contribution in [0.25, 0.3) is 11.0 Å². The molecule has 0 spiro atoms. The summed E-state index contributed by atoms with van der Waals surface area (Å²) in [5.74, 6) is -4.61. The Balaban J connectivity index is 1.19. The first-order valence-electron chi connectivity index (χ1n) is 20.2. The number of fused-ring (bicyclic) bond motifs is 5. The zero-order valence-electron chi connectivity index (χ0n) is 34.8. The number of imide groups is 1. The first kappa shape index (κ1) is 41.8. The van der Waals surface area contributed by atoms with Gasteiger partial charge in [0.25, 0.3) is 17.4 Å². The summed E-state index contributed by atoms with van der Waals surface area (Å²) in [5, 5.41) is 12.5. The fraction of sp³-hybridized carbons (Fsp3) is 0.289. The van der Waals surface area contributed by atoms with E-state index in [9.17, 15) is 37.5 Å². The van der Waals surface area contributed by atoms with E-state index >= 15 is 4.79 Å². The molecular weight excluding hydrogens is 840 g/mol. The number of hydrogen-bond acceptors (Lipinski definition) is 11. The molecule has 2 amide bonds. The molecule has 9 rings (SSSR count). The molecule has 330 valence electrons. The number of anilines is 1. The van der Waals surface area contributed by atoms with Crippen LogP contribution in [-0.2, 0) is 41.6 Å². The zero-order chi connectivity index (χ0) is 45.4. The number of nitrogens with zero attached hydrogens (tertiary/aromatic N) is 6. The molecule has 19 heteroatoms. The van der Waals surface area contributed by atoms with Crippen LogP contribution < -0.4 is 36.6 Å². The molecule has 4 unspecified atom stereocenters. The normalized spacial score (nSPS) is 20.4. The minimum absolute atomic E-state index is 0.0551. The van der Waals surface area contributed by atoms with Crippen molar-refractivity contribution in [1.29, 1.82) is 0 Å². The molecule has 1 saturated heterocycles. The minimum Gasteiger partial charge on any atom is -0.508 e. The van der Waals surface area contributed by atoms with Gasteiger partial charge in [-0.1, -0.05) is 54.1 Å². The average molecular weight is 880 g/mol. The van der Waals surface area contributed by atoms with Crippen molar-refractivity contribution in [3.05, 3.63) is 150 Å². The molecule has 3 aliphatic rings. The van der Waals surface area contributed by atoms with Gasteiger partial charge in [-0.15, -0.1) is 13.2 Å². The van der Waals surface area contributed by atoms with Gasteiger partial charge in [0, 0.05) is 43.6 Å². The summed E-state index contributed by atoms with van der Waals surface area (Å²) in [6, 6.07) is 20.2. The highest BCUT2D eigenvalue weighted by atomic mass is 19.4. The van der Waals surface area contributed by atoms with Gasteiger partial charge in [-0.2, -0.15) is 5.01 Å². The Kier molecular flexibility index (Phi) is 10.0. The molecule has 6 aromatic rings. The monoisotopic (exact) mass is 879 g/mol. The Morgan fingerprint density at radius 3 is 2.30 bits per heavy atom. The number of nitrogens with one attached hydrogen (secondary N) is 1. The maximum absolute atomic E-state index is 15.4. The lowest BCUT2D eigenvalue weighted by molar-refractivity contribution is -0.274. The molecule has 2 aromatic heterocycles. The number of benzene rings is 4. The molecular formula is C45H40F3N7O9. The maximum Gasteiger partial charge on any atom is 0.573 e. The molecule has 2 fully saturated rings. The number of aryl methyl sites for hydroxylation is 3. The molecule has 4 atom stereocenters. The van der Waals surface area contributed by atoms with Crippen LogP contribution in [0.5, 0.6) is 23.0 Å². The molecule has 1 saturated carbocycles. The Morgan fingerprint density at radius 1 is 0.906 bits per heavy atom. The van der Waals surface area contributed by atoms with Crippen LogP contribution in [0.4, 0.5) is 18.9 Å². The van der Waals surface area contributed by atoms with Crippen molar-refractivity contribution in [2.75, 3.05) is 19.6 Å².